The van der Waals surface area contributed by atoms with E-state index in [2.05, 4.69) is 12.2 Å². The maximum Gasteiger partial charge on any atom is 0.335 e. The van der Waals surface area contributed by atoms with Gasteiger partial charge in [-0.05, 0) is 32.1 Å². The van der Waals surface area contributed by atoms with E-state index in [9.17, 15) is 4.79 Å². The molecule has 0 saturated carbocycles. The SMILES string of the molecule is CCCCCCCCNC1=C(C(=O)OC)CCCCC1. The van der Waals surface area contributed by atoms with Crippen molar-refractivity contribution in [3.05, 3.63) is 11.3 Å². The van der Waals surface area contributed by atoms with Crippen LogP contribution in [0.5, 0.6) is 0 Å². The second kappa shape index (κ2) is 10.8. The zero-order valence-electron chi connectivity index (χ0n) is 13.3. The Morgan fingerprint density at radius 1 is 1.05 bits per heavy atom. The van der Waals surface area contributed by atoms with Crippen LogP contribution in [0.25, 0.3) is 0 Å². The van der Waals surface area contributed by atoms with E-state index in [1.807, 2.05) is 0 Å². The molecular weight excluding hydrogens is 250 g/mol. The zero-order chi connectivity index (χ0) is 14.6. The van der Waals surface area contributed by atoms with Gasteiger partial charge in [0.1, 0.15) is 0 Å². The van der Waals surface area contributed by atoms with Crippen LogP contribution in [0.15, 0.2) is 11.3 Å². The molecule has 116 valence electrons. The molecule has 3 heteroatoms. The van der Waals surface area contributed by atoms with Gasteiger partial charge in [-0.15, -0.1) is 0 Å². The number of esters is 1. The number of hydrogen-bond donors (Lipinski definition) is 1. The van der Waals surface area contributed by atoms with Gasteiger partial charge in [-0.3, -0.25) is 0 Å². The molecule has 0 spiro atoms. The molecule has 0 aromatic carbocycles. The smallest absolute Gasteiger partial charge is 0.335 e. The van der Waals surface area contributed by atoms with Crippen LogP contribution in [0.3, 0.4) is 0 Å². The Bertz CT molecular complexity index is 310. The molecule has 20 heavy (non-hydrogen) atoms. The van der Waals surface area contributed by atoms with Gasteiger partial charge in [-0.1, -0.05) is 45.4 Å². The van der Waals surface area contributed by atoms with Crippen LogP contribution >= 0.6 is 0 Å². The molecule has 0 aromatic rings. The van der Waals surface area contributed by atoms with E-state index in [1.54, 1.807) is 0 Å². The van der Waals surface area contributed by atoms with Gasteiger partial charge in [-0.25, -0.2) is 4.79 Å². The van der Waals surface area contributed by atoms with Crippen LogP contribution in [0, 0.1) is 0 Å². The van der Waals surface area contributed by atoms with Gasteiger partial charge in [-0.2, -0.15) is 0 Å². The van der Waals surface area contributed by atoms with Crippen LogP contribution < -0.4 is 5.32 Å². The topological polar surface area (TPSA) is 38.3 Å². The van der Waals surface area contributed by atoms with E-state index in [4.69, 9.17) is 4.74 Å². The minimum Gasteiger partial charge on any atom is -0.466 e. The van der Waals surface area contributed by atoms with E-state index >= 15 is 0 Å². The molecule has 0 fully saturated rings. The number of hydrogen-bond acceptors (Lipinski definition) is 3. The normalized spacial score (nSPS) is 15.9. The molecule has 1 aliphatic rings. The van der Waals surface area contributed by atoms with Crippen LogP contribution in [0.4, 0.5) is 0 Å². The highest BCUT2D eigenvalue weighted by atomic mass is 16.5. The average Bonchev–Trinajstić information content (AvgIpc) is 2.71. The van der Waals surface area contributed by atoms with Crippen LogP contribution in [0.2, 0.25) is 0 Å². The summed E-state index contributed by atoms with van der Waals surface area (Å²) in [6.07, 6.45) is 13.2. The number of ether oxygens (including phenoxy) is 1. The first-order chi connectivity index (χ1) is 9.79. The number of allylic oxidation sites excluding steroid dienone is 1. The molecule has 3 nitrogen and oxygen atoms in total. The molecule has 0 amide bonds. The fraction of sp³-hybridized carbons (Fsp3) is 0.824. The Kier molecular flexibility index (Phi) is 9.18. The molecule has 0 unspecified atom stereocenters. The number of carbonyl (C=O) groups is 1. The summed E-state index contributed by atoms with van der Waals surface area (Å²) in [5, 5.41) is 3.50. The third kappa shape index (κ3) is 6.44. The maximum atomic E-state index is 11.8. The lowest BCUT2D eigenvalue weighted by Gasteiger charge is -2.13. The lowest BCUT2D eigenvalue weighted by atomic mass is 10.1. The van der Waals surface area contributed by atoms with Crippen molar-refractivity contribution in [2.75, 3.05) is 13.7 Å². The Morgan fingerprint density at radius 2 is 1.75 bits per heavy atom. The quantitative estimate of drug-likeness (QED) is 0.505. The summed E-state index contributed by atoms with van der Waals surface area (Å²) >= 11 is 0. The molecule has 0 radical (unpaired) electrons. The Labute approximate surface area is 124 Å². The second-order valence-electron chi connectivity index (χ2n) is 5.70. The van der Waals surface area contributed by atoms with E-state index in [0.717, 1.165) is 37.1 Å². The average molecular weight is 281 g/mol. The monoisotopic (exact) mass is 281 g/mol. The molecule has 0 bridgehead atoms. The summed E-state index contributed by atoms with van der Waals surface area (Å²) in [6, 6.07) is 0. The third-order valence-corrected chi connectivity index (χ3v) is 4.02. The van der Waals surface area contributed by atoms with Crippen molar-refractivity contribution in [2.24, 2.45) is 0 Å². The first-order valence-electron chi connectivity index (χ1n) is 8.33. The Balaban J connectivity index is 2.33. The predicted molar refractivity (Wildman–Crippen MR) is 83.5 cm³/mol. The first kappa shape index (κ1) is 17.1. The van der Waals surface area contributed by atoms with Crippen molar-refractivity contribution in [3.63, 3.8) is 0 Å². The molecule has 0 atom stereocenters. The molecule has 0 saturated heterocycles. The molecule has 1 N–H and O–H groups in total. The van der Waals surface area contributed by atoms with E-state index < -0.39 is 0 Å². The molecule has 0 aromatic heterocycles. The molecule has 0 aliphatic heterocycles. The lowest BCUT2D eigenvalue weighted by molar-refractivity contribution is -0.136. The van der Waals surface area contributed by atoms with E-state index in [1.165, 1.54) is 58.5 Å². The number of methoxy groups -OCH3 is 1. The van der Waals surface area contributed by atoms with Crippen molar-refractivity contribution in [1.29, 1.82) is 0 Å². The summed E-state index contributed by atoms with van der Waals surface area (Å²) < 4.78 is 4.91. The lowest BCUT2D eigenvalue weighted by Crippen LogP contribution is -2.20. The molecule has 1 rings (SSSR count). The molecule has 0 heterocycles. The van der Waals surface area contributed by atoms with Gasteiger partial charge >= 0.3 is 5.97 Å². The predicted octanol–water partition coefficient (Wildman–Crippen LogP) is 4.33. The van der Waals surface area contributed by atoms with Crippen molar-refractivity contribution >= 4 is 5.97 Å². The van der Waals surface area contributed by atoms with Gasteiger partial charge < -0.3 is 10.1 Å². The van der Waals surface area contributed by atoms with Crippen molar-refractivity contribution in [2.45, 2.75) is 77.6 Å². The summed E-state index contributed by atoms with van der Waals surface area (Å²) in [6.45, 7) is 3.23. The molecular formula is C17H31NO2. The fourth-order valence-corrected chi connectivity index (χ4v) is 2.77. The number of nitrogens with one attached hydrogen (secondary N) is 1. The fourth-order valence-electron chi connectivity index (χ4n) is 2.77. The van der Waals surface area contributed by atoms with Gasteiger partial charge in [0, 0.05) is 12.2 Å². The minimum atomic E-state index is -0.141. The second-order valence-corrected chi connectivity index (χ2v) is 5.70. The standard InChI is InChI=1S/C17H31NO2/c1-3-4-5-6-7-11-14-18-16-13-10-8-9-12-15(16)17(19)20-2/h18H,3-14H2,1-2H3. The number of unbranched alkanes of at least 4 members (excludes halogenated alkanes) is 5. The Morgan fingerprint density at radius 3 is 2.50 bits per heavy atom. The van der Waals surface area contributed by atoms with Gasteiger partial charge in [0.2, 0.25) is 0 Å². The van der Waals surface area contributed by atoms with Crippen LogP contribution in [-0.2, 0) is 9.53 Å². The highest BCUT2D eigenvalue weighted by Crippen LogP contribution is 2.23. The summed E-state index contributed by atoms with van der Waals surface area (Å²) in [5.74, 6) is -0.141. The van der Waals surface area contributed by atoms with Crippen molar-refractivity contribution in [3.8, 4) is 0 Å². The van der Waals surface area contributed by atoms with Crippen LogP contribution in [-0.4, -0.2) is 19.6 Å². The van der Waals surface area contributed by atoms with Crippen LogP contribution in [0.1, 0.15) is 77.6 Å². The van der Waals surface area contributed by atoms with Gasteiger partial charge in [0.05, 0.1) is 12.7 Å². The van der Waals surface area contributed by atoms with Crippen molar-refractivity contribution in [1.82, 2.24) is 5.32 Å². The summed E-state index contributed by atoms with van der Waals surface area (Å²) in [4.78, 5) is 11.8. The number of carbonyl (C=O) groups excluding carboxylic acids is 1. The Hall–Kier alpha value is -0.990. The zero-order valence-corrected chi connectivity index (χ0v) is 13.3. The first-order valence-corrected chi connectivity index (χ1v) is 8.33. The summed E-state index contributed by atoms with van der Waals surface area (Å²) in [7, 11) is 1.48. The minimum absolute atomic E-state index is 0.141. The van der Waals surface area contributed by atoms with E-state index in [0.29, 0.717) is 0 Å². The number of rotatable bonds is 9. The third-order valence-electron chi connectivity index (χ3n) is 4.02. The van der Waals surface area contributed by atoms with Gasteiger partial charge in [0.25, 0.3) is 0 Å². The van der Waals surface area contributed by atoms with Gasteiger partial charge in [0.15, 0.2) is 0 Å². The summed E-state index contributed by atoms with van der Waals surface area (Å²) in [5.41, 5.74) is 2.03. The molecule has 1 aliphatic carbocycles. The maximum absolute atomic E-state index is 11.8. The largest absolute Gasteiger partial charge is 0.466 e. The highest BCUT2D eigenvalue weighted by molar-refractivity contribution is 5.89. The van der Waals surface area contributed by atoms with Crippen molar-refractivity contribution < 1.29 is 9.53 Å². The van der Waals surface area contributed by atoms with E-state index in [-0.39, 0.29) is 5.97 Å². The highest BCUT2D eigenvalue weighted by Gasteiger charge is 2.18.